The highest BCUT2D eigenvalue weighted by atomic mass is 79.9. The molecule has 8 nitrogen and oxygen atoms in total. The Morgan fingerprint density at radius 2 is 1.35 bits per heavy atom. The maximum atomic E-state index is 3.92. The third kappa shape index (κ3) is 1.91. The van der Waals surface area contributed by atoms with Crippen LogP contribution in [0, 0.1) is 0 Å². The standard InChI is InChI=1S/C8H5BrN8/c9-6-2-4(7-10-14-15-11-7)1-5(3-6)8-12-16-17-13-8/h1-3H,(H,10,11,14,15)(H,12,13,16,17). The molecule has 2 aromatic heterocycles. The monoisotopic (exact) mass is 292 g/mol. The van der Waals surface area contributed by atoms with Crippen LogP contribution in [0.1, 0.15) is 0 Å². The summed E-state index contributed by atoms with van der Waals surface area (Å²) in [5, 5.41) is 27.5. The van der Waals surface area contributed by atoms with Crippen LogP contribution in [0.3, 0.4) is 0 Å². The van der Waals surface area contributed by atoms with Crippen LogP contribution < -0.4 is 0 Å². The van der Waals surface area contributed by atoms with E-state index < -0.39 is 0 Å². The third-order valence-electron chi connectivity index (χ3n) is 2.10. The lowest BCUT2D eigenvalue weighted by molar-refractivity contribution is 0.881. The van der Waals surface area contributed by atoms with Crippen molar-refractivity contribution >= 4 is 15.9 Å². The van der Waals surface area contributed by atoms with Gasteiger partial charge in [-0.05, 0) is 28.6 Å². The van der Waals surface area contributed by atoms with Gasteiger partial charge < -0.3 is 0 Å². The highest BCUT2D eigenvalue weighted by molar-refractivity contribution is 9.10. The van der Waals surface area contributed by atoms with E-state index in [2.05, 4.69) is 57.2 Å². The van der Waals surface area contributed by atoms with E-state index in [1.807, 2.05) is 18.2 Å². The lowest BCUT2D eigenvalue weighted by Crippen LogP contribution is -1.86. The number of halogens is 1. The predicted molar refractivity (Wildman–Crippen MR) is 60.5 cm³/mol. The molecule has 0 spiro atoms. The number of benzene rings is 1. The fraction of sp³-hybridized carbons (Fsp3) is 0. The summed E-state index contributed by atoms with van der Waals surface area (Å²) in [6, 6.07) is 5.63. The first kappa shape index (κ1) is 10.0. The summed E-state index contributed by atoms with van der Waals surface area (Å²) in [5.41, 5.74) is 1.63. The molecule has 0 aliphatic rings. The summed E-state index contributed by atoms with van der Waals surface area (Å²) in [4.78, 5) is 0. The van der Waals surface area contributed by atoms with E-state index in [1.165, 1.54) is 0 Å². The van der Waals surface area contributed by atoms with Gasteiger partial charge in [-0.1, -0.05) is 15.9 Å². The zero-order valence-electron chi connectivity index (χ0n) is 8.29. The van der Waals surface area contributed by atoms with Crippen LogP contribution in [0.2, 0.25) is 0 Å². The first-order chi connectivity index (χ1) is 8.33. The molecule has 0 unspecified atom stereocenters. The average molecular weight is 293 g/mol. The molecule has 3 aromatic rings. The van der Waals surface area contributed by atoms with Gasteiger partial charge in [-0.25, -0.2) is 0 Å². The zero-order chi connectivity index (χ0) is 11.7. The molecule has 0 bridgehead atoms. The summed E-state index contributed by atoms with van der Waals surface area (Å²) in [6.45, 7) is 0. The van der Waals surface area contributed by atoms with Crippen molar-refractivity contribution in [2.45, 2.75) is 0 Å². The Hall–Kier alpha value is -2.16. The number of rotatable bonds is 2. The van der Waals surface area contributed by atoms with Crippen molar-refractivity contribution in [3.63, 3.8) is 0 Å². The lowest BCUT2D eigenvalue weighted by atomic mass is 10.1. The van der Waals surface area contributed by atoms with Gasteiger partial charge in [0.2, 0.25) is 11.6 Å². The van der Waals surface area contributed by atoms with E-state index in [0.717, 1.165) is 15.6 Å². The molecule has 17 heavy (non-hydrogen) atoms. The molecule has 0 atom stereocenters. The van der Waals surface area contributed by atoms with Crippen molar-refractivity contribution in [1.29, 1.82) is 0 Å². The number of hydrogen-bond donors (Lipinski definition) is 2. The Morgan fingerprint density at radius 1 is 0.824 bits per heavy atom. The molecule has 0 fully saturated rings. The van der Waals surface area contributed by atoms with Crippen LogP contribution in [-0.2, 0) is 0 Å². The molecule has 0 aliphatic carbocycles. The molecule has 0 amide bonds. The lowest BCUT2D eigenvalue weighted by Gasteiger charge is -2.00. The summed E-state index contributed by atoms with van der Waals surface area (Å²) in [6.07, 6.45) is 0. The Bertz CT molecular complexity index is 565. The van der Waals surface area contributed by atoms with E-state index in [0.29, 0.717) is 11.6 Å². The Morgan fingerprint density at radius 3 is 1.76 bits per heavy atom. The molecule has 0 saturated carbocycles. The minimum atomic E-state index is 0.510. The number of hydrogen-bond acceptors (Lipinski definition) is 6. The molecule has 3 rings (SSSR count). The fourth-order valence-electron chi connectivity index (χ4n) is 1.42. The largest absolute Gasteiger partial charge is 0.204 e. The van der Waals surface area contributed by atoms with Gasteiger partial charge in [0.1, 0.15) is 0 Å². The van der Waals surface area contributed by atoms with Crippen LogP contribution in [-0.4, -0.2) is 41.2 Å². The second-order valence-corrected chi connectivity index (χ2v) is 4.12. The van der Waals surface area contributed by atoms with Gasteiger partial charge in [-0.3, -0.25) is 0 Å². The number of aromatic nitrogens is 8. The van der Waals surface area contributed by atoms with Crippen LogP contribution in [0.5, 0.6) is 0 Å². The smallest absolute Gasteiger partial charge is 0.177 e. The van der Waals surface area contributed by atoms with Gasteiger partial charge in [0.25, 0.3) is 0 Å². The highest BCUT2D eigenvalue weighted by Gasteiger charge is 2.09. The summed E-state index contributed by atoms with van der Waals surface area (Å²) >= 11 is 3.41. The second-order valence-electron chi connectivity index (χ2n) is 3.20. The Labute approximate surface area is 103 Å². The third-order valence-corrected chi connectivity index (χ3v) is 2.56. The van der Waals surface area contributed by atoms with E-state index in [9.17, 15) is 0 Å². The first-order valence-electron chi connectivity index (χ1n) is 4.61. The van der Waals surface area contributed by atoms with E-state index >= 15 is 0 Å². The predicted octanol–water partition coefficient (Wildman–Crippen LogP) is 0.809. The van der Waals surface area contributed by atoms with Crippen LogP contribution in [0.15, 0.2) is 22.7 Å². The topological polar surface area (TPSA) is 109 Å². The van der Waals surface area contributed by atoms with Gasteiger partial charge in [-0.15, -0.1) is 20.4 Å². The quantitative estimate of drug-likeness (QED) is 0.723. The maximum Gasteiger partial charge on any atom is 0.204 e. The number of H-pyrrole nitrogens is 2. The molecule has 1 aromatic carbocycles. The van der Waals surface area contributed by atoms with Crippen LogP contribution in [0.25, 0.3) is 22.8 Å². The van der Waals surface area contributed by atoms with E-state index in [-0.39, 0.29) is 0 Å². The SMILES string of the molecule is Brc1cc(-c2nn[nH]n2)cc(-c2nn[nH]n2)c1. The normalized spacial score (nSPS) is 10.6. The highest BCUT2D eigenvalue weighted by Crippen LogP contribution is 2.26. The van der Waals surface area contributed by atoms with Crippen LogP contribution >= 0.6 is 15.9 Å². The van der Waals surface area contributed by atoms with Gasteiger partial charge in [0.05, 0.1) is 0 Å². The zero-order valence-corrected chi connectivity index (χ0v) is 9.88. The minimum absolute atomic E-state index is 0.510. The second kappa shape index (κ2) is 4.01. The number of tetrazole rings is 2. The van der Waals surface area contributed by atoms with Crippen molar-refractivity contribution < 1.29 is 0 Å². The van der Waals surface area contributed by atoms with Crippen molar-refractivity contribution in [2.75, 3.05) is 0 Å². The summed E-state index contributed by atoms with van der Waals surface area (Å²) in [5.74, 6) is 1.02. The van der Waals surface area contributed by atoms with Crippen LogP contribution in [0.4, 0.5) is 0 Å². The Balaban J connectivity index is 2.13. The molecule has 0 saturated heterocycles. The number of aromatic amines is 2. The average Bonchev–Trinajstić information content (AvgIpc) is 3.02. The molecule has 9 heteroatoms. The maximum absolute atomic E-state index is 3.92. The van der Waals surface area contributed by atoms with Gasteiger partial charge in [0.15, 0.2) is 0 Å². The number of nitrogens with one attached hydrogen (secondary N) is 2. The van der Waals surface area contributed by atoms with Crippen molar-refractivity contribution in [1.82, 2.24) is 41.2 Å². The van der Waals surface area contributed by atoms with Gasteiger partial charge >= 0.3 is 0 Å². The molecule has 2 N–H and O–H groups in total. The molecular weight excluding hydrogens is 288 g/mol. The molecule has 0 aliphatic heterocycles. The first-order valence-corrected chi connectivity index (χ1v) is 5.40. The molecular formula is C8H5BrN8. The van der Waals surface area contributed by atoms with Gasteiger partial charge in [-0.2, -0.15) is 10.4 Å². The summed E-state index contributed by atoms with van der Waals surface area (Å²) < 4.78 is 0.875. The van der Waals surface area contributed by atoms with Crippen molar-refractivity contribution in [3.8, 4) is 22.8 Å². The molecule has 0 radical (unpaired) electrons. The van der Waals surface area contributed by atoms with Crippen molar-refractivity contribution in [3.05, 3.63) is 22.7 Å². The van der Waals surface area contributed by atoms with E-state index in [4.69, 9.17) is 0 Å². The van der Waals surface area contributed by atoms with Crippen molar-refractivity contribution in [2.24, 2.45) is 0 Å². The molecule has 84 valence electrons. The fourth-order valence-corrected chi connectivity index (χ4v) is 1.91. The Kier molecular flexibility index (Phi) is 2.37. The summed E-state index contributed by atoms with van der Waals surface area (Å²) in [7, 11) is 0. The van der Waals surface area contributed by atoms with E-state index in [1.54, 1.807) is 0 Å². The van der Waals surface area contributed by atoms with Gasteiger partial charge in [0, 0.05) is 15.6 Å². The number of nitrogens with zero attached hydrogens (tertiary/aromatic N) is 6. The molecule has 2 heterocycles. The minimum Gasteiger partial charge on any atom is -0.177 e.